The third-order valence-corrected chi connectivity index (χ3v) is 3.84. The molecule has 122 valence electrons. The standard InChI is InChI=1S/C20H18FNO2/c1-2-24-20(23)18-16(12-15-10-6-7-11-17(15)21)13-22-19(18)14-8-4-3-5-9-14/h3-11,13,22H,2,12H2,1H3. The molecule has 0 amide bonds. The largest absolute Gasteiger partial charge is 0.462 e. The van der Waals surface area contributed by atoms with Gasteiger partial charge in [0.15, 0.2) is 0 Å². The maximum absolute atomic E-state index is 14.0. The van der Waals surface area contributed by atoms with E-state index in [2.05, 4.69) is 4.98 Å². The molecule has 24 heavy (non-hydrogen) atoms. The van der Waals surface area contributed by atoms with Gasteiger partial charge in [0.05, 0.1) is 17.9 Å². The second-order valence-electron chi connectivity index (χ2n) is 5.42. The highest BCUT2D eigenvalue weighted by Crippen LogP contribution is 2.28. The summed E-state index contributed by atoms with van der Waals surface area (Å²) in [6, 6.07) is 16.1. The zero-order valence-corrected chi connectivity index (χ0v) is 13.4. The lowest BCUT2D eigenvalue weighted by Crippen LogP contribution is -2.08. The molecule has 3 rings (SSSR count). The number of carbonyl (C=O) groups excluding carboxylic acids is 1. The smallest absolute Gasteiger partial charge is 0.340 e. The molecular formula is C20H18FNO2. The number of hydrogen-bond donors (Lipinski definition) is 1. The van der Waals surface area contributed by atoms with E-state index >= 15 is 0 Å². The minimum absolute atomic E-state index is 0.283. The van der Waals surface area contributed by atoms with Crippen molar-refractivity contribution in [2.75, 3.05) is 6.61 Å². The summed E-state index contributed by atoms with van der Waals surface area (Å²) in [5.41, 5.74) is 3.31. The first-order chi connectivity index (χ1) is 11.7. The van der Waals surface area contributed by atoms with Crippen LogP contribution in [0.4, 0.5) is 4.39 Å². The lowest BCUT2D eigenvalue weighted by molar-refractivity contribution is 0.0526. The molecule has 1 N–H and O–H groups in total. The zero-order chi connectivity index (χ0) is 16.9. The Balaban J connectivity index is 2.05. The van der Waals surface area contributed by atoms with Crippen LogP contribution >= 0.6 is 0 Å². The molecule has 0 aliphatic rings. The summed E-state index contributed by atoms with van der Waals surface area (Å²) in [6.45, 7) is 2.06. The van der Waals surface area contributed by atoms with E-state index in [1.807, 2.05) is 30.3 Å². The number of hydrogen-bond acceptors (Lipinski definition) is 2. The number of esters is 1. The van der Waals surface area contributed by atoms with Gasteiger partial charge in [0.1, 0.15) is 5.82 Å². The first kappa shape index (κ1) is 16.0. The topological polar surface area (TPSA) is 42.1 Å². The first-order valence-electron chi connectivity index (χ1n) is 7.87. The minimum atomic E-state index is -0.399. The fourth-order valence-electron chi connectivity index (χ4n) is 2.72. The Morgan fingerprint density at radius 3 is 2.46 bits per heavy atom. The predicted octanol–water partition coefficient (Wildman–Crippen LogP) is 4.59. The molecular weight excluding hydrogens is 305 g/mol. The second-order valence-corrected chi connectivity index (χ2v) is 5.42. The van der Waals surface area contributed by atoms with Crippen LogP contribution in [0.25, 0.3) is 11.3 Å². The van der Waals surface area contributed by atoms with E-state index in [9.17, 15) is 9.18 Å². The number of halogens is 1. The van der Waals surface area contributed by atoms with E-state index in [1.165, 1.54) is 6.07 Å². The van der Waals surface area contributed by atoms with E-state index in [4.69, 9.17) is 4.74 Å². The van der Waals surface area contributed by atoms with Crippen molar-refractivity contribution in [1.29, 1.82) is 0 Å². The Hall–Kier alpha value is -2.88. The first-order valence-corrected chi connectivity index (χ1v) is 7.87. The van der Waals surface area contributed by atoms with Crippen LogP contribution in [0.15, 0.2) is 60.8 Å². The van der Waals surface area contributed by atoms with Gasteiger partial charge in [-0.1, -0.05) is 48.5 Å². The Kier molecular flexibility index (Phi) is 4.75. The van der Waals surface area contributed by atoms with Crippen LogP contribution in [-0.2, 0) is 11.2 Å². The van der Waals surface area contributed by atoms with Gasteiger partial charge in [-0.3, -0.25) is 0 Å². The summed E-state index contributed by atoms with van der Waals surface area (Å²) in [6.07, 6.45) is 2.07. The molecule has 0 bridgehead atoms. The molecule has 4 heteroatoms. The van der Waals surface area contributed by atoms with Gasteiger partial charge in [0.2, 0.25) is 0 Å². The van der Waals surface area contributed by atoms with Gasteiger partial charge in [-0.15, -0.1) is 0 Å². The van der Waals surface area contributed by atoms with Crippen LogP contribution in [0.1, 0.15) is 28.4 Å². The van der Waals surface area contributed by atoms with Gasteiger partial charge in [0.25, 0.3) is 0 Å². The fourth-order valence-corrected chi connectivity index (χ4v) is 2.72. The molecule has 0 aliphatic carbocycles. The minimum Gasteiger partial charge on any atom is -0.462 e. The molecule has 0 aliphatic heterocycles. The summed E-state index contributed by atoms with van der Waals surface area (Å²) in [5.74, 6) is -0.682. The van der Waals surface area contributed by atoms with Crippen LogP contribution in [0.3, 0.4) is 0 Å². The van der Waals surface area contributed by atoms with Gasteiger partial charge < -0.3 is 9.72 Å². The summed E-state index contributed by atoms with van der Waals surface area (Å²) in [7, 11) is 0. The van der Waals surface area contributed by atoms with Crippen molar-refractivity contribution in [3.05, 3.63) is 83.3 Å². The highest BCUT2D eigenvalue weighted by molar-refractivity contribution is 5.98. The Morgan fingerprint density at radius 1 is 1.04 bits per heavy atom. The molecule has 1 aromatic heterocycles. The molecule has 3 aromatic rings. The maximum atomic E-state index is 14.0. The van der Waals surface area contributed by atoms with Gasteiger partial charge >= 0.3 is 5.97 Å². The van der Waals surface area contributed by atoms with Crippen LogP contribution in [0.5, 0.6) is 0 Å². The van der Waals surface area contributed by atoms with Crippen LogP contribution in [0.2, 0.25) is 0 Å². The summed E-state index contributed by atoms with van der Waals surface area (Å²) in [4.78, 5) is 15.6. The number of benzene rings is 2. The molecule has 0 atom stereocenters. The SMILES string of the molecule is CCOC(=O)c1c(Cc2ccccc2F)c[nH]c1-c1ccccc1. The fraction of sp³-hybridized carbons (Fsp3) is 0.150. The van der Waals surface area contributed by atoms with Crippen molar-refractivity contribution in [2.45, 2.75) is 13.3 Å². The molecule has 3 nitrogen and oxygen atoms in total. The Labute approximate surface area is 140 Å². The molecule has 2 aromatic carbocycles. The van der Waals surface area contributed by atoms with E-state index < -0.39 is 5.97 Å². The molecule has 0 unspecified atom stereocenters. The molecule has 0 fully saturated rings. The van der Waals surface area contributed by atoms with Crippen LogP contribution in [0, 0.1) is 5.82 Å². The van der Waals surface area contributed by atoms with E-state index in [0.717, 1.165) is 11.1 Å². The van der Waals surface area contributed by atoms with Crippen molar-refractivity contribution in [1.82, 2.24) is 4.98 Å². The number of aromatic amines is 1. The summed E-state index contributed by atoms with van der Waals surface area (Å²) in [5, 5.41) is 0. The van der Waals surface area contributed by atoms with Gasteiger partial charge in [-0.25, -0.2) is 9.18 Å². The number of aromatic nitrogens is 1. The zero-order valence-electron chi connectivity index (χ0n) is 13.4. The van der Waals surface area contributed by atoms with E-state index in [1.54, 1.807) is 31.3 Å². The molecule has 0 spiro atoms. The number of carbonyl (C=O) groups is 1. The number of ether oxygens (including phenoxy) is 1. The van der Waals surface area contributed by atoms with Crippen molar-refractivity contribution < 1.29 is 13.9 Å². The van der Waals surface area contributed by atoms with Crippen LogP contribution < -0.4 is 0 Å². The van der Waals surface area contributed by atoms with E-state index in [0.29, 0.717) is 23.2 Å². The van der Waals surface area contributed by atoms with Gasteiger partial charge in [-0.2, -0.15) is 0 Å². The maximum Gasteiger partial charge on any atom is 0.340 e. The van der Waals surface area contributed by atoms with Crippen molar-refractivity contribution in [2.24, 2.45) is 0 Å². The quantitative estimate of drug-likeness (QED) is 0.698. The molecule has 0 saturated heterocycles. The summed E-state index contributed by atoms with van der Waals surface area (Å²) < 4.78 is 19.2. The van der Waals surface area contributed by atoms with Gasteiger partial charge in [-0.05, 0) is 29.7 Å². The third kappa shape index (κ3) is 3.23. The highest BCUT2D eigenvalue weighted by atomic mass is 19.1. The van der Waals surface area contributed by atoms with Crippen molar-refractivity contribution >= 4 is 5.97 Å². The molecule has 0 radical (unpaired) electrons. The van der Waals surface area contributed by atoms with Crippen LogP contribution in [-0.4, -0.2) is 17.6 Å². The van der Waals surface area contributed by atoms with Crippen molar-refractivity contribution in [3.63, 3.8) is 0 Å². The lowest BCUT2D eigenvalue weighted by Gasteiger charge is -2.08. The molecule has 0 saturated carbocycles. The molecule has 1 heterocycles. The number of H-pyrrole nitrogens is 1. The lowest BCUT2D eigenvalue weighted by atomic mass is 9.99. The highest BCUT2D eigenvalue weighted by Gasteiger charge is 2.21. The number of rotatable bonds is 5. The summed E-state index contributed by atoms with van der Waals surface area (Å²) >= 11 is 0. The van der Waals surface area contributed by atoms with E-state index in [-0.39, 0.29) is 12.4 Å². The number of nitrogens with one attached hydrogen (secondary N) is 1. The van der Waals surface area contributed by atoms with Crippen molar-refractivity contribution in [3.8, 4) is 11.3 Å². The Morgan fingerprint density at radius 2 is 1.75 bits per heavy atom. The average Bonchev–Trinajstić information content (AvgIpc) is 3.02. The Bertz CT molecular complexity index is 840. The van der Waals surface area contributed by atoms with Gasteiger partial charge in [0, 0.05) is 12.6 Å². The average molecular weight is 323 g/mol. The normalized spacial score (nSPS) is 10.6. The predicted molar refractivity (Wildman–Crippen MR) is 91.4 cm³/mol. The third-order valence-electron chi connectivity index (χ3n) is 3.84. The second kappa shape index (κ2) is 7.13. The monoisotopic (exact) mass is 323 g/mol.